The molecule has 1 unspecified atom stereocenters. The molecule has 0 bridgehead atoms. The molecule has 0 radical (unpaired) electrons. The SMILES string of the molecule is CCCN(C(=O)Cc1ccc(S(=O)(=O)N2CCCCC2)s1)C1CCNC1.Cl. The molecule has 0 saturated carbocycles. The first-order chi connectivity index (χ1) is 12.5. The number of halogens is 1. The molecule has 2 saturated heterocycles. The summed E-state index contributed by atoms with van der Waals surface area (Å²) < 4.78 is 27.5. The van der Waals surface area contributed by atoms with E-state index in [2.05, 4.69) is 12.2 Å². The van der Waals surface area contributed by atoms with Crippen LogP contribution in [0.25, 0.3) is 0 Å². The summed E-state index contributed by atoms with van der Waals surface area (Å²) in [5, 5.41) is 3.31. The molecule has 1 atom stereocenters. The summed E-state index contributed by atoms with van der Waals surface area (Å²) in [5.74, 6) is 0.101. The highest BCUT2D eigenvalue weighted by atomic mass is 35.5. The Kier molecular flexibility index (Phi) is 8.55. The average Bonchev–Trinajstić information content (AvgIpc) is 3.32. The summed E-state index contributed by atoms with van der Waals surface area (Å²) in [6.07, 6.45) is 5.16. The normalized spacial score (nSPS) is 21.0. The van der Waals surface area contributed by atoms with E-state index in [4.69, 9.17) is 0 Å². The maximum atomic E-state index is 12.8. The van der Waals surface area contributed by atoms with Crippen molar-refractivity contribution < 1.29 is 13.2 Å². The first kappa shape index (κ1) is 22.6. The molecule has 6 nitrogen and oxygen atoms in total. The molecule has 1 aromatic rings. The quantitative estimate of drug-likeness (QED) is 0.714. The number of rotatable bonds is 7. The molecule has 3 rings (SSSR count). The van der Waals surface area contributed by atoms with Gasteiger partial charge < -0.3 is 10.2 Å². The van der Waals surface area contributed by atoms with Gasteiger partial charge in [0.25, 0.3) is 10.0 Å². The monoisotopic (exact) mass is 435 g/mol. The van der Waals surface area contributed by atoms with Gasteiger partial charge in [0.2, 0.25) is 5.91 Å². The summed E-state index contributed by atoms with van der Waals surface area (Å²) in [6, 6.07) is 3.73. The summed E-state index contributed by atoms with van der Waals surface area (Å²) in [7, 11) is -3.41. The number of hydrogen-bond acceptors (Lipinski definition) is 5. The Bertz CT molecular complexity index is 711. The lowest BCUT2D eigenvalue weighted by molar-refractivity contribution is -0.132. The van der Waals surface area contributed by atoms with Gasteiger partial charge in [-0.05, 0) is 44.4 Å². The number of hydrogen-bond donors (Lipinski definition) is 1. The van der Waals surface area contributed by atoms with Gasteiger partial charge in [-0.1, -0.05) is 13.3 Å². The number of carbonyl (C=O) groups is 1. The molecule has 3 heterocycles. The van der Waals surface area contributed by atoms with E-state index >= 15 is 0 Å². The smallest absolute Gasteiger partial charge is 0.252 e. The van der Waals surface area contributed by atoms with Crippen molar-refractivity contribution in [1.29, 1.82) is 0 Å². The van der Waals surface area contributed by atoms with E-state index in [-0.39, 0.29) is 30.8 Å². The van der Waals surface area contributed by atoms with E-state index in [0.29, 0.717) is 17.3 Å². The van der Waals surface area contributed by atoms with Gasteiger partial charge in [0.15, 0.2) is 0 Å². The van der Waals surface area contributed by atoms with Crippen molar-refractivity contribution >= 4 is 39.7 Å². The van der Waals surface area contributed by atoms with Crippen LogP contribution in [0.5, 0.6) is 0 Å². The van der Waals surface area contributed by atoms with Crippen LogP contribution in [0.3, 0.4) is 0 Å². The Labute approximate surface area is 172 Å². The fourth-order valence-corrected chi connectivity index (χ4v) is 6.75. The highest BCUT2D eigenvalue weighted by molar-refractivity contribution is 7.91. The number of carbonyl (C=O) groups excluding carboxylic acids is 1. The van der Waals surface area contributed by atoms with Crippen LogP contribution >= 0.6 is 23.7 Å². The topological polar surface area (TPSA) is 69.7 Å². The second-order valence-electron chi connectivity index (χ2n) is 7.10. The molecular weight excluding hydrogens is 406 g/mol. The van der Waals surface area contributed by atoms with Crippen molar-refractivity contribution in [3.63, 3.8) is 0 Å². The van der Waals surface area contributed by atoms with E-state index < -0.39 is 10.0 Å². The zero-order valence-electron chi connectivity index (χ0n) is 15.9. The molecule has 27 heavy (non-hydrogen) atoms. The minimum atomic E-state index is -3.41. The largest absolute Gasteiger partial charge is 0.338 e. The third-order valence-corrected chi connectivity index (χ3v) is 8.58. The van der Waals surface area contributed by atoms with Crippen molar-refractivity contribution in [2.45, 2.75) is 55.7 Å². The van der Waals surface area contributed by atoms with Gasteiger partial charge in [0.05, 0.1) is 6.42 Å². The van der Waals surface area contributed by atoms with Crippen LogP contribution in [-0.2, 0) is 21.2 Å². The second kappa shape index (κ2) is 10.2. The molecule has 2 aliphatic heterocycles. The summed E-state index contributed by atoms with van der Waals surface area (Å²) in [5.41, 5.74) is 0. The lowest BCUT2D eigenvalue weighted by Gasteiger charge is -2.28. The van der Waals surface area contributed by atoms with Gasteiger partial charge in [-0.2, -0.15) is 4.31 Å². The number of piperidine rings is 1. The van der Waals surface area contributed by atoms with E-state index in [1.165, 1.54) is 11.3 Å². The molecule has 0 spiro atoms. The van der Waals surface area contributed by atoms with Crippen molar-refractivity contribution in [1.82, 2.24) is 14.5 Å². The Morgan fingerprint density at radius 2 is 2.04 bits per heavy atom. The molecule has 9 heteroatoms. The summed E-state index contributed by atoms with van der Waals surface area (Å²) in [6.45, 7) is 5.85. The molecule has 1 amide bonds. The highest BCUT2D eigenvalue weighted by Gasteiger charge is 2.29. The molecule has 154 valence electrons. The maximum Gasteiger partial charge on any atom is 0.252 e. The average molecular weight is 436 g/mol. The van der Waals surface area contributed by atoms with Crippen LogP contribution in [0.4, 0.5) is 0 Å². The molecular formula is C18H30ClN3O3S2. The molecule has 2 fully saturated rings. The number of nitrogens with one attached hydrogen (secondary N) is 1. The third kappa shape index (κ3) is 5.44. The van der Waals surface area contributed by atoms with Gasteiger partial charge >= 0.3 is 0 Å². The van der Waals surface area contributed by atoms with Crippen LogP contribution in [0.1, 0.15) is 43.9 Å². The zero-order valence-corrected chi connectivity index (χ0v) is 18.3. The number of sulfonamides is 1. The van der Waals surface area contributed by atoms with Crippen LogP contribution < -0.4 is 5.32 Å². The Morgan fingerprint density at radius 1 is 1.30 bits per heavy atom. The Balaban J connectivity index is 0.00000261. The van der Waals surface area contributed by atoms with Crippen LogP contribution in [0.2, 0.25) is 0 Å². The molecule has 2 aliphatic rings. The predicted molar refractivity (Wildman–Crippen MR) is 111 cm³/mol. The third-order valence-electron chi connectivity index (χ3n) is 5.13. The van der Waals surface area contributed by atoms with E-state index in [9.17, 15) is 13.2 Å². The molecule has 1 aromatic heterocycles. The maximum absolute atomic E-state index is 12.8. The summed E-state index contributed by atoms with van der Waals surface area (Å²) in [4.78, 5) is 15.6. The van der Waals surface area contributed by atoms with Crippen molar-refractivity contribution in [3.8, 4) is 0 Å². The number of amides is 1. The van der Waals surface area contributed by atoms with Gasteiger partial charge in [-0.3, -0.25) is 4.79 Å². The molecule has 0 aliphatic carbocycles. The lowest BCUT2D eigenvalue weighted by Crippen LogP contribution is -2.42. The molecule has 0 aromatic carbocycles. The van der Waals surface area contributed by atoms with Crippen molar-refractivity contribution in [2.24, 2.45) is 0 Å². The lowest BCUT2D eigenvalue weighted by atomic mass is 10.2. The standard InChI is InChI=1S/C18H29N3O3S2.ClH/c1-2-10-21(15-8-9-19-14-15)17(22)13-16-6-7-18(25-16)26(23,24)20-11-4-3-5-12-20;/h6-7,15,19H,2-5,8-14H2,1H3;1H. The predicted octanol–water partition coefficient (Wildman–Crippen LogP) is 2.49. The van der Waals surface area contributed by atoms with E-state index in [1.807, 2.05) is 4.90 Å². The molecule has 1 N–H and O–H groups in total. The minimum Gasteiger partial charge on any atom is -0.338 e. The van der Waals surface area contributed by atoms with E-state index in [0.717, 1.165) is 56.6 Å². The highest BCUT2D eigenvalue weighted by Crippen LogP contribution is 2.28. The second-order valence-corrected chi connectivity index (χ2v) is 10.4. The Morgan fingerprint density at radius 3 is 2.67 bits per heavy atom. The van der Waals surface area contributed by atoms with Crippen LogP contribution in [0, 0.1) is 0 Å². The van der Waals surface area contributed by atoms with Gasteiger partial charge in [0.1, 0.15) is 4.21 Å². The van der Waals surface area contributed by atoms with Gasteiger partial charge in [0, 0.05) is 37.1 Å². The fourth-order valence-electron chi connectivity index (χ4n) is 3.73. The minimum absolute atomic E-state index is 0. The zero-order chi connectivity index (χ0) is 18.6. The Hall–Kier alpha value is -0.670. The van der Waals surface area contributed by atoms with Gasteiger partial charge in [-0.15, -0.1) is 23.7 Å². The number of thiophene rings is 1. The van der Waals surface area contributed by atoms with Gasteiger partial charge in [-0.25, -0.2) is 8.42 Å². The number of nitrogens with zero attached hydrogens (tertiary/aromatic N) is 2. The first-order valence-corrected chi connectivity index (χ1v) is 11.9. The summed E-state index contributed by atoms with van der Waals surface area (Å²) >= 11 is 1.25. The fraction of sp³-hybridized carbons (Fsp3) is 0.722. The van der Waals surface area contributed by atoms with Crippen molar-refractivity contribution in [3.05, 3.63) is 17.0 Å². The van der Waals surface area contributed by atoms with Crippen molar-refractivity contribution in [2.75, 3.05) is 32.7 Å². The van der Waals surface area contributed by atoms with Crippen LogP contribution in [-0.4, -0.2) is 62.3 Å². The van der Waals surface area contributed by atoms with E-state index in [1.54, 1.807) is 16.4 Å². The first-order valence-electron chi connectivity index (χ1n) is 9.61. The van der Waals surface area contributed by atoms with Crippen LogP contribution in [0.15, 0.2) is 16.3 Å².